The molecule has 0 radical (unpaired) electrons. The van der Waals surface area contributed by atoms with E-state index in [2.05, 4.69) is 20.3 Å². The molecule has 0 bridgehead atoms. The Kier molecular flexibility index (Phi) is 4.25. The lowest BCUT2D eigenvalue weighted by Gasteiger charge is -2.09. The van der Waals surface area contributed by atoms with Gasteiger partial charge in [0.25, 0.3) is 5.91 Å². The number of hydrogen-bond acceptors (Lipinski definition) is 5. The standard InChI is InChI=1S/C21H12N6O/c22-11-18-19(12-23)26-21(25-18)27-20(28)15-10-17(13-6-2-1-3-7-13)24-16-9-5-4-8-14(15)16/h1-10H,(H2,25,26,27,28). The van der Waals surface area contributed by atoms with E-state index >= 15 is 0 Å². The number of aromatic nitrogens is 3. The predicted molar refractivity (Wildman–Crippen MR) is 103 cm³/mol. The van der Waals surface area contributed by atoms with Crippen molar-refractivity contribution in [3.8, 4) is 23.4 Å². The van der Waals surface area contributed by atoms with Crippen LogP contribution in [0.1, 0.15) is 21.7 Å². The van der Waals surface area contributed by atoms with E-state index in [4.69, 9.17) is 10.5 Å². The average Bonchev–Trinajstić information content (AvgIpc) is 3.15. The summed E-state index contributed by atoms with van der Waals surface area (Å²) in [6.45, 7) is 0. The zero-order valence-corrected chi connectivity index (χ0v) is 14.5. The number of H-pyrrole nitrogens is 1. The summed E-state index contributed by atoms with van der Waals surface area (Å²) in [5.41, 5.74) is 2.59. The van der Waals surface area contributed by atoms with Crippen molar-refractivity contribution in [2.75, 3.05) is 5.32 Å². The van der Waals surface area contributed by atoms with Gasteiger partial charge in [0.05, 0.1) is 16.8 Å². The fourth-order valence-corrected chi connectivity index (χ4v) is 2.89. The Bertz CT molecular complexity index is 1250. The van der Waals surface area contributed by atoms with Gasteiger partial charge in [-0.25, -0.2) is 9.97 Å². The van der Waals surface area contributed by atoms with Crippen LogP contribution < -0.4 is 5.32 Å². The van der Waals surface area contributed by atoms with Crippen LogP contribution in [0.4, 0.5) is 5.95 Å². The van der Waals surface area contributed by atoms with E-state index in [0.29, 0.717) is 22.2 Å². The van der Waals surface area contributed by atoms with Gasteiger partial charge in [0, 0.05) is 10.9 Å². The molecule has 0 aliphatic rings. The fraction of sp³-hybridized carbons (Fsp3) is 0. The maximum absolute atomic E-state index is 12.9. The van der Waals surface area contributed by atoms with E-state index in [9.17, 15) is 4.79 Å². The number of aromatic amines is 1. The summed E-state index contributed by atoms with van der Waals surface area (Å²) in [5, 5.41) is 21.3. The first kappa shape index (κ1) is 17.0. The van der Waals surface area contributed by atoms with Crippen LogP contribution in [-0.2, 0) is 0 Å². The molecule has 0 saturated carbocycles. The molecule has 0 aliphatic heterocycles. The smallest absolute Gasteiger partial charge is 0.258 e. The quantitative estimate of drug-likeness (QED) is 0.575. The third kappa shape index (κ3) is 3.05. The first-order chi connectivity index (χ1) is 13.7. The highest BCUT2D eigenvalue weighted by atomic mass is 16.1. The molecule has 4 rings (SSSR count). The maximum atomic E-state index is 12.9. The number of anilines is 1. The van der Waals surface area contributed by atoms with E-state index < -0.39 is 5.91 Å². The summed E-state index contributed by atoms with van der Waals surface area (Å²) in [5.74, 6) is -0.376. The van der Waals surface area contributed by atoms with Crippen LogP contribution in [0.15, 0.2) is 60.7 Å². The van der Waals surface area contributed by atoms with Crippen molar-refractivity contribution in [2.24, 2.45) is 0 Å². The van der Waals surface area contributed by atoms with Crippen molar-refractivity contribution >= 4 is 22.8 Å². The van der Waals surface area contributed by atoms with Gasteiger partial charge in [-0.15, -0.1) is 0 Å². The van der Waals surface area contributed by atoms with Gasteiger partial charge in [-0.3, -0.25) is 10.1 Å². The third-order valence-corrected chi connectivity index (χ3v) is 4.18. The number of pyridine rings is 1. The molecule has 2 heterocycles. The molecule has 0 atom stereocenters. The number of amides is 1. The molecule has 7 heteroatoms. The first-order valence-electron chi connectivity index (χ1n) is 8.36. The summed E-state index contributed by atoms with van der Waals surface area (Å²) in [6, 6.07) is 22.3. The number of nitrogens with zero attached hydrogens (tertiary/aromatic N) is 4. The highest BCUT2D eigenvalue weighted by Crippen LogP contribution is 2.25. The van der Waals surface area contributed by atoms with E-state index in [1.165, 1.54) is 0 Å². The summed E-state index contributed by atoms with van der Waals surface area (Å²) >= 11 is 0. The Morgan fingerprint density at radius 3 is 2.43 bits per heavy atom. The summed E-state index contributed by atoms with van der Waals surface area (Å²) in [6.07, 6.45) is 0. The number of hydrogen-bond donors (Lipinski definition) is 2. The molecule has 0 unspecified atom stereocenters. The Labute approximate surface area is 159 Å². The zero-order valence-electron chi connectivity index (χ0n) is 14.5. The number of nitriles is 2. The lowest BCUT2D eigenvalue weighted by Crippen LogP contribution is -2.14. The molecule has 0 saturated heterocycles. The molecule has 28 heavy (non-hydrogen) atoms. The molecular formula is C21H12N6O. The molecular weight excluding hydrogens is 352 g/mol. The zero-order chi connectivity index (χ0) is 19.5. The molecule has 2 aromatic carbocycles. The minimum atomic E-state index is -0.418. The lowest BCUT2D eigenvalue weighted by molar-refractivity contribution is 0.102. The molecule has 0 fully saturated rings. The summed E-state index contributed by atoms with van der Waals surface area (Å²) in [7, 11) is 0. The van der Waals surface area contributed by atoms with Crippen molar-refractivity contribution < 1.29 is 4.79 Å². The van der Waals surface area contributed by atoms with Crippen molar-refractivity contribution in [3.05, 3.63) is 77.6 Å². The summed E-state index contributed by atoms with van der Waals surface area (Å²) < 4.78 is 0. The Morgan fingerprint density at radius 2 is 1.71 bits per heavy atom. The fourth-order valence-electron chi connectivity index (χ4n) is 2.89. The monoisotopic (exact) mass is 364 g/mol. The minimum absolute atomic E-state index is 0.00219. The molecule has 7 nitrogen and oxygen atoms in total. The van der Waals surface area contributed by atoms with Crippen LogP contribution in [0.2, 0.25) is 0 Å². The van der Waals surface area contributed by atoms with Gasteiger partial charge < -0.3 is 4.98 Å². The maximum Gasteiger partial charge on any atom is 0.258 e. The topological polar surface area (TPSA) is 118 Å². The van der Waals surface area contributed by atoms with Gasteiger partial charge in [0.1, 0.15) is 12.1 Å². The van der Waals surface area contributed by atoms with E-state index in [-0.39, 0.29) is 17.3 Å². The van der Waals surface area contributed by atoms with Crippen molar-refractivity contribution in [2.45, 2.75) is 0 Å². The molecule has 2 aromatic heterocycles. The van der Waals surface area contributed by atoms with Crippen LogP contribution >= 0.6 is 0 Å². The van der Waals surface area contributed by atoms with Gasteiger partial charge in [0.2, 0.25) is 5.95 Å². The van der Waals surface area contributed by atoms with E-state index in [1.54, 1.807) is 6.07 Å². The minimum Gasteiger partial charge on any atom is -0.314 e. The van der Waals surface area contributed by atoms with Crippen LogP contribution in [0.3, 0.4) is 0 Å². The number of fused-ring (bicyclic) bond motifs is 1. The number of carbonyl (C=O) groups excluding carboxylic acids is 1. The molecule has 0 spiro atoms. The van der Waals surface area contributed by atoms with Gasteiger partial charge >= 0.3 is 0 Å². The van der Waals surface area contributed by atoms with Crippen molar-refractivity contribution in [3.63, 3.8) is 0 Å². The number of benzene rings is 2. The van der Waals surface area contributed by atoms with Crippen molar-refractivity contribution in [1.82, 2.24) is 15.0 Å². The predicted octanol–water partition coefficient (Wildman–Crippen LogP) is 3.62. The highest BCUT2D eigenvalue weighted by Gasteiger charge is 2.17. The molecule has 1 amide bonds. The molecule has 4 aromatic rings. The van der Waals surface area contributed by atoms with E-state index in [1.807, 2.05) is 66.7 Å². The Balaban J connectivity index is 1.79. The highest BCUT2D eigenvalue weighted by molar-refractivity contribution is 6.12. The molecule has 132 valence electrons. The molecule has 2 N–H and O–H groups in total. The van der Waals surface area contributed by atoms with Crippen LogP contribution in [0.5, 0.6) is 0 Å². The second-order valence-corrected chi connectivity index (χ2v) is 5.92. The largest absolute Gasteiger partial charge is 0.314 e. The van der Waals surface area contributed by atoms with Gasteiger partial charge in [0.15, 0.2) is 11.4 Å². The molecule has 0 aliphatic carbocycles. The average molecular weight is 364 g/mol. The Morgan fingerprint density at radius 1 is 0.964 bits per heavy atom. The Hall–Kier alpha value is -4.49. The van der Waals surface area contributed by atoms with Crippen LogP contribution in [-0.4, -0.2) is 20.9 Å². The van der Waals surface area contributed by atoms with Gasteiger partial charge in [-0.1, -0.05) is 48.5 Å². The van der Waals surface area contributed by atoms with E-state index in [0.717, 1.165) is 5.56 Å². The second-order valence-electron chi connectivity index (χ2n) is 5.92. The second kappa shape index (κ2) is 7.02. The SMILES string of the molecule is N#Cc1nc(NC(=O)c2cc(-c3ccccc3)nc3ccccc23)[nH]c1C#N. The van der Waals surface area contributed by atoms with Crippen LogP contribution in [0, 0.1) is 22.7 Å². The number of imidazole rings is 1. The number of nitrogens with one attached hydrogen (secondary N) is 2. The number of rotatable bonds is 3. The normalized spacial score (nSPS) is 10.2. The van der Waals surface area contributed by atoms with Gasteiger partial charge in [-0.05, 0) is 12.1 Å². The number of carbonyl (C=O) groups is 1. The number of para-hydroxylation sites is 1. The van der Waals surface area contributed by atoms with Crippen molar-refractivity contribution in [1.29, 1.82) is 10.5 Å². The summed E-state index contributed by atoms with van der Waals surface area (Å²) in [4.78, 5) is 24.2. The third-order valence-electron chi connectivity index (χ3n) is 4.18. The van der Waals surface area contributed by atoms with Crippen LogP contribution in [0.25, 0.3) is 22.2 Å². The first-order valence-corrected chi connectivity index (χ1v) is 8.36. The van der Waals surface area contributed by atoms with Gasteiger partial charge in [-0.2, -0.15) is 10.5 Å². The lowest BCUT2D eigenvalue weighted by atomic mass is 10.0.